The average Bonchev–Trinajstić information content (AvgIpc) is 3.28. The van der Waals surface area contributed by atoms with Crippen molar-refractivity contribution >= 4 is 16.7 Å². The molecule has 0 aliphatic heterocycles. The summed E-state index contributed by atoms with van der Waals surface area (Å²) < 4.78 is 0. The third kappa shape index (κ3) is 3.92. The van der Waals surface area contributed by atoms with Crippen molar-refractivity contribution < 1.29 is 5.11 Å². The zero-order valence-corrected chi connectivity index (χ0v) is 16.7. The number of benzene rings is 2. The van der Waals surface area contributed by atoms with E-state index in [2.05, 4.69) is 29.4 Å². The van der Waals surface area contributed by atoms with Crippen LogP contribution in [0.1, 0.15) is 33.1 Å². The van der Waals surface area contributed by atoms with Gasteiger partial charge < -0.3 is 10.4 Å². The Labute approximate surface area is 170 Å². The van der Waals surface area contributed by atoms with Crippen LogP contribution in [-0.2, 0) is 0 Å². The molecule has 2 aromatic carbocycles. The predicted octanol–water partition coefficient (Wildman–Crippen LogP) is 5.38. The van der Waals surface area contributed by atoms with Gasteiger partial charge in [0.05, 0.1) is 16.8 Å². The molecule has 0 fully saturated rings. The number of phenols is 1. The molecule has 0 spiro atoms. The Hall–Kier alpha value is -3.41. The molecule has 0 aliphatic carbocycles. The van der Waals surface area contributed by atoms with Gasteiger partial charge in [0, 0.05) is 23.2 Å². The number of rotatable bonds is 7. The second-order valence-corrected chi connectivity index (χ2v) is 7.15. The van der Waals surface area contributed by atoms with Gasteiger partial charge in [-0.3, -0.25) is 5.10 Å². The molecule has 29 heavy (non-hydrogen) atoms. The van der Waals surface area contributed by atoms with Crippen LogP contribution in [0.15, 0.2) is 54.7 Å². The van der Waals surface area contributed by atoms with Crippen molar-refractivity contribution in [2.45, 2.75) is 39.2 Å². The number of para-hydroxylation sites is 1. The maximum Gasteiger partial charge on any atom is 0.165 e. The van der Waals surface area contributed by atoms with Gasteiger partial charge in [-0.1, -0.05) is 32.4 Å². The highest BCUT2D eigenvalue weighted by Gasteiger charge is 2.15. The summed E-state index contributed by atoms with van der Waals surface area (Å²) in [6.07, 6.45) is 4.90. The second kappa shape index (κ2) is 8.31. The number of nitrogens with zero attached hydrogens (tertiary/aromatic N) is 3. The molecule has 2 heterocycles. The lowest BCUT2D eigenvalue weighted by atomic mass is 10.1. The minimum absolute atomic E-state index is 0.148. The second-order valence-electron chi connectivity index (χ2n) is 7.15. The van der Waals surface area contributed by atoms with Crippen molar-refractivity contribution in [2.75, 3.05) is 5.32 Å². The van der Waals surface area contributed by atoms with Gasteiger partial charge in [0.2, 0.25) is 0 Å². The third-order valence-corrected chi connectivity index (χ3v) is 5.12. The SMILES string of the molecule is CCC[C@@H](CC)Nc1nc(-c2cc(-c3ccn[nH]3)ccc2O)nc2ccccc12. The van der Waals surface area contributed by atoms with Gasteiger partial charge >= 0.3 is 0 Å². The quantitative estimate of drug-likeness (QED) is 0.396. The summed E-state index contributed by atoms with van der Waals surface area (Å²) in [5.41, 5.74) is 3.23. The summed E-state index contributed by atoms with van der Waals surface area (Å²) in [4.78, 5) is 9.55. The first-order valence-corrected chi connectivity index (χ1v) is 10.1. The van der Waals surface area contributed by atoms with E-state index < -0.39 is 0 Å². The number of aromatic hydroxyl groups is 1. The van der Waals surface area contributed by atoms with E-state index in [-0.39, 0.29) is 5.75 Å². The molecule has 2 aromatic heterocycles. The summed E-state index contributed by atoms with van der Waals surface area (Å²) in [5, 5.41) is 22.1. The van der Waals surface area contributed by atoms with Crippen molar-refractivity contribution in [2.24, 2.45) is 0 Å². The smallest absolute Gasteiger partial charge is 0.165 e. The van der Waals surface area contributed by atoms with Crippen LogP contribution < -0.4 is 5.32 Å². The van der Waals surface area contributed by atoms with Crippen molar-refractivity contribution in [1.29, 1.82) is 0 Å². The number of anilines is 1. The van der Waals surface area contributed by atoms with Gasteiger partial charge in [-0.25, -0.2) is 9.97 Å². The fourth-order valence-electron chi connectivity index (χ4n) is 3.53. The molecule has 0 aliphatic rings. The molecule has 0 saturated heterocycles. The lowest BCUT2D eigenvalue weighted by molar-refractivity contribution is 0.477. The highest BCUT2D eigenvalue weighted by Crippen LogP contribution is 2.33. The normalized spacial score (nSPS) is 12.2. The summed E-state index contributed by atoms with van der Waals surface area (Å²) in [6.45, 7) is 4.37. The zero-order valence-electron chi connectivity index (χ0n) is 16.7. The minimum Gasteiger partial charge on any atom is -0.507 e. The predicted molar refractivity (Wildman–Crippen MR) is 117 cm³/mol. The monoisotopic (exact) mass is 387 g/mol. The van der Waals surface area contributed by atoms with Crippen molar-refractivity contribution in [3.63, 3.8) is 0 Å². The molecule has 0 radical (unpaired) electrons. The number of aromatic amines is 1. The molecule has 3 N–H and O–H groups in total. The van der Waals surface area contributed by atoms with E-state index >= 15 is 0 Å². The lowest BCUT2D eigenvalue weighted by Gasteiger charge is -2.19. The topological polar surface area (TPSA) is 86.7 Å². The summed E-state index contributed by atoms with van der Waals surface area (Å²) in [5.74, 6) is 1.45. The van der Waals surface area contributed by atoms with Gasteiger partial charge in [-0.2, -0.15) is 5.10 Å². The van der Waals surface area contributed by atoms with E-state index in [9.17, 15) is 5.11 Å². The maximum atomic E-state index is 10.5. The van der Waals surface area contributed by atoms with Gasteiger partial charge in [0.1, 0.15) is 11.6 Å². The highest BCUT2D eigenvalue weighted by molar-refractivity contribution is 5.91. The molecule has 4 aromatic rings. The minimum atomic E-state index is 0.148. The number of hydrogen-bond acceptors (Lipinski definition) is 5. The number of aromatic nitrogens is 4. The Morgan fingerprint density at radius 1 is 1.07 bits per heavy atom. The largest absolute Gasteiger partial charge is 0.507 e. The van der Waals surface area contributed by atoms with E-state index in [1.54, 1.807) is 12.3 Å². The molecular formula is C23H25N5O. The van der Waals surface area contributed by atoms with Crippen LogP contribution in [-0.4, -0.2) is 31.3 Å². The summed E-state index contributed by atoms with van der Waals surface area (Å²) >= 11 is 0. The summed E-state index contributed by atoms with van der Waals surface area (Å²) in [6, 6.07) is 15.6. The first kappa shape index (κ1) is 18.9. The van der Waals surface area contributed by atoms with E-state index in [4.69, 9.17) is 9.97 Å². The lowest BCUT2D eigenvalue weighted by Crippen LogP contribution is -2.19. The van der Waals surface area contributed by atoms with Crippen LogP contribution in [0.3, 0.4) is 0 Å². The van der Waals surface area contributed by atoms with Gasteiger partial charge in [-0.05, 0) is 49.2 Å². The zero-order chi connectivity index (χ0) is 20.2. The fraction of sp³-hybridized carbons (Fsp3) is 0.261. The molecule has 0 saturated carbocycles. The first-order valence-electron chi connectivity index (χ1n) is 10.1. The molecule has 148 valence electrons. The number of phenolic OH excluding ortho intramolecular Hbond substituents is 1. The molecule has 0 unspecified atom stereocenters. The van der Waals surface area contributed by atoms with Crippen LogP contribution in [0.2, 0.25) is 0 Å². The van der Waals surface area contributed by atoms with Gasteiger partial charge in [-0.15, -0.1) is 0 Å². The Kier molecular flexibility index (Phi) is 5.42. The van der Waals surface area contributed by atoms with Crippen LogP contribution >= 0.6 is 0 Å². The molecule has 0 amide bonds. The Morgan fingerprint density at radius 3 is 2.69 bits per heavy atom. The number of hydrogen-bond donors (Lipinski definition) is 3. The molecule has 0 bridgehead atoms. The number of H-pyrrole nitrogens is 1. The Balaban J connectivity index is 1.83. The van der Waals surface area contributed by atoms with Crippen molar-refractivity contribution in [3.05, 3.63) is 54.7 Å². The van der Waals surface area contributed by atoms with E-state index in [0.29, 0.717) is 17.4 Å². The standard InChI is InChI=1S/C23H25N5O/c1-3-7-16(4-2)25-22-17-8-5-6-9-20(17)26-23(27-22)18-14-15(10-11-21(18)29)19-12-13-24-28-19/h5-6,8-14,16,29H,3-4,7H2,1-2H3,(H,24,28)(H,25,26,27)/t16-/m1/s1. The van der Waals surface area contributed by atoms with E-state index in [0.717, 1.165) is 47.2 Å². The van der Waals surface area contributed by atoms with Gasteiger partial charge in [0.15, 0.2) is 5.82 Å². The molecular weight excluding hydrogens is 362 g/mol. The molecule has 4 rings (SSSR count). The number of nitrogens with one attached hydrogen (secondary N) is 2. The molecule has 6 heteroatoms. The van der Waals surface area contributed by atoms with Crippen molar-refractivity contribution in [3.8, 4) is 28.4 Å². The van der Waals surface area contributed by atoms with Crippen molar-refractivity contribution in [1.82, 2.24) is 20.2 Å². The van der Waals surface area contributed by atoms with Crippen LogP contribution in [0, 0.1) is 0 Å². The third-order valence-electron chi connectivity index (χ3n) is 5.12. The number of fused-ring (bicyclic) bond motifs is 1. The molecule has 1 atom stereocenters. The van der Waals surface area contributed by atoms with E-state index in [1.165, 1.54) is 0 Å². The maximum absolute atomic E-state index is 10.5. The van der Waals surface area contributed by atoms with Crippen LogP contribution in [0.5, 0.6) is 5.75 Å². The Morgan fingerprint density at radius 2 is 1.93 bits per heavy atom. The van der Waals surface area contributed by atoms with Crippen LogP contribution in [0.4, 0.5) is 5.82 Å². The van der Waals surface area contributed by atoms with E-state index in [1.807, 2.05) is 42.5 Å². The van der Waals surface area contributed by atoms with Gasteiger partial charge in [0.25, 0.3) is 0 Å². The average molecular weight is 387 g/mol. The fourth-order valence-corrected chi connectivity index (χ4v) is 3.53. The first-order chi connectivity index (χ1) is 14.2. The summed E-state index contributed by atoms with van der Waals surface area (Å²) in [7, 11) is 0. The highest BCUT2D eigenvalue weighted by atomic mass is 16.3. The van der Waals surface area contributed by atoms with Crippen LogP contribution in [0.25, 0.3) is 33.5 Å². The Bertz CT molecular complexity index is 1110. The molecule has 6 nitrogen and oxygen atoms in total.